The molecule has 1 rings (SSSR count). The molecular weight excluding hydrogens is 217 g/mol. The zero-order valence-corrected chi connectivity index (χ0v) is 7.56. The third-order valence-electron chi connectivity index (χ3n) is 1.51. The molecule has 14 heavy (non-hydrogen) atoms. The smallest absolute Gasteiger partial charge is 0.300 e. The van der Waals surface area contributed by atoms with Crippen molar-refractivity contribution in [2.75, 3.05) is 0 Å². The Kier molecular flexibility index (Phi) is 3.05. The van der Waals surface area contributed by atoms with Crippen LogP contribution in [0, 0.1) is 0 Å². The number of Topliss-reactive ketones (excluding diaryl/α,β-unsaturated/α-hetero) is 1. The van der Waals surface area contributed by atoms with Gasteiger partial charge in [0.15, 0.2) is 6.29 Å². The zero-order chi connectivity index (χ0) is 10.8. The van der Waals surface area contributed by atoms with Gasteiger partial charge in [0.25, 0.3) is 0 Å². The summed E-state index contributed by atoms with van der Waals surface area (Å²) in [4.78, 5) is 20.5. The Balaban J connectivity index is 2.94. The molecule has 1 unspecified atom stereocenters. The SMILES string of the molecule is O=CC(F)C(F)(F)C(=O)c1cccs1. The summed E-state index contributed by atoms with van der Waals surface area (Å²) in [6.45, 7) is 0. The number of rotatable bonds is 4. The Morgan fingerprint density at radius 3 is 2.64 bits per heavy atom. The van der Waals surface area contributed by atoms with Crippen LogP contribution in [-0.2, 0) is 4.79 Å². The van der Waals surface area contributed by atoms with E-state index < -0.39 is 24.2 Å². The van der Waals surface area contributed by atoms with Crippen molar-refractivity contribution < 1.29 is 22.8 Å². The Morgan fingerprint density at radius 1 is 1.57 bits per heavy atom. The highest BCUT2D eigenvalue weighted by Crippen LogP contribution is 2.27. The highest BCUT2D eigenvalue weighted by atomic mass is 32.1. The standard InChI is InChI=1S/C8H5F3O2S/c9-6(4-12)8(10,11)7(13)5-2-1-3-14-5/h1-4,6H. The molecule has 0 saturated heterocycles. The molecule has 2 nitrogen and oxygen atoms in total. The number of carbonyl (C=O) groups is 2. The fourth-order valence-electron chi connectivity index (χ4n) is 0.783. The molecule has 0 spiro atoms. The predicted molar refractivity (Wildman–Crippen MR) is 44.6 cm³/mol. The third-order valence-corrected chi connectivity index (χ3v) is 2.38. The van der Waals surface area contributed by atoms with Gasteiger partial charge in [0.05, 0.1) is 4.88 Å². The van der Waals surface area contributed by atoms with E-state index >= 15 is 0 Å². The Morgan fingerprint density at radius 2 is 2.21 bits per heavy atom. The molecule has 76 valence electrons. The minimum atomic E-state index is -4.27. The molecule has 0 aliphatic heterocycles. The van der Waals surface area contributed by atoms with E-state index in [0.29, 0.717) is 0 Å². The van der Waals surface area contributed by atoms with E-state index in [1.807, 2.05) is 0 Å². The number of hydrogen-bond donors (Lipinski definition) is 0. The van der Waals surface area contributed by atoms with Crippen LogP contribution in [0.2, 0.25) is 0 Å². The van der Waals surface area contributed by atoms with Crippen LogP contribution in [0.25, 0.3) is 0 Å². The quantitative estimate of drug-likeness (QED) is 0.577. The van der Waals surface area contributed by atoms with Crippen molar-refractivity contribution in [3.05, 3.63) is 22.4 Å². The molecule has 0 amide bonds. The maximum atomic E-state index is 12.8. The maximum Gasteiger partial charge on any atom is 0.347 e. The summed E-state index contributed by atoms with van der Waals surface area (Å²) in [5.74, 6) is -5.93. The van der Waals surface area contributed by atoms with Crippen molar-refractivity contribution in [2.24, 2.45) is 0 Å². The van der Waals surface area contributed by atoms with Crippen molar-refractivity contribution >= 4 is 23.4 Å². The topological polar surface area (TPSA) is 34.1 Å². The van der Waals surface area contributed by atoms with Crippen molar-refractivity contribution in [3.8, 4) is 0 Å². The monoisotopic (exact) mass is 222 g/mol. The minimum Gasteiger partial charge on any atom is -0.300 e. The number of halogens is 3. The molecule has 1 aromatic heterocycles. The Labute approximate surface area is 81.4 Å². The van der Waals surface area contributed by atoms with Crippen molar-refractivity contribution in [2.45, 2.75) is 12.1 Å². The van der Waals surface area contributed by atoms with Gasteiger partial charge in [-0.25, -0.2) is 4.39 Å². The number of alkyl halides is 3. The molecule has 0 fully saturated rings. The van der Waals surface area contributed by atoms with Crippen molar-refractivity contribution in [1.82, 2.24) is 0 Å². The van der Waals surface area contributed by atoms with Crippen molar-refractivity contribution in [3.63, 3.8) is 0 Å². The molecule has 0 aliphatic carbocycles. The summed E-state index contributed by atoms with van der Waals surface area (Å²) in [7, 11) is 0. The molecule has 6 heteroatoms. The van der Waals surface area contributed by atoms with Gasteiger partial charge in [-0.1, -0.05) is 6.07 Å². The molecule has 0 N–H and O–H groups in total. The van der Waals surface area contributed by atoms with Gasteiger partial charge >= 0.3 is 5.92 Å². The maximum absolute atomic E-state index is 12.8. The van der Waals surface area contributed by atoms with E-state index in [4.69, 9.17) is 0 Å². The Bertz CT molecular complexity index is 334. The summed E-state index contributed by atoms with van der Waals surface area (Å²) >= 11 is 0.774. The first kappa shape index (κ1) is 10.9. The number of ketones is 1. The van der Waals surface area contributed by atoms with Gasteiger partial charge in [-0.2, -0.15) is 8.78 Å². The summed E-state index contributed by atoms with van der Waals surface area (Å²) in [5, 5.41) is 1.41. The number of thiophene rings is 1. The lowest BCUT2D eigenvalue weighted by Crippen LogP contribution is -2.39. The van der Waals surface area contributed by atoms with Gasteiger partial charge in [0.2, 0.25) is 12.0 Å². The molecule has 0 aromatic carbocycles. The largest absolute Gasteiger partial charge is 0.347 e. The van der Waals surface area contributed by atoms with E-state index in [-0.39, 0.29) is 4.88 Å². The molecule has 1 aromatic rings. The minimum absolute atomic E-state index is 0.264. The van der Waals surface area contributed by atoms with Crippen LogP contribution in [0.15, 0.2) is 17.5 Å². The van der Waals surface area contributed by atoms with E-state index in [1.54, 1.807) is 0 Å². The van der Waals surface area contributed by atoms with E-state index in [0.717, 1.165) is 17.4 Å². The first-order valence-corrected chi connectivity index (χ1v) is 4.43. The first-order chi connectivity index (χ1) is 6.50. The lowest BCUT2D eigenvalue weighted by Gasteiger charge is -2.13. The van der Waals surface area contributed by atoms with Crippen molar-refractivity contribution in [1.29, 1.82) is 0 Å². The van der Waals surface area contributed by atoms with Crippen LogP contribution in [0.1, 0.15) is 9.67 Å². The molecule has 0 aliphatic rings. The average Bonchev–Trinajstić information content (AvgIpc) is 2.67. The Hall–Kier alpha value is -1.17. The van der Waals surface area contributed by atoms with Crippen LogP contribution in [-0.4, -0.2) is 24.2 Å². The van der Waals surface area contributed by atoms with Gasteiger partial charge in [-0.15, -0.1) is 11.3 Å². The summed E-state index contributed by atoms with van der Waals surface area (Å²) in [5.41, 5.74) is 0. The van der Waals surface area contributed by atoms with Crippen LogP contribution >= 0.6 is 11.3 Å². The zero-order valence-electron chi connectivity index (χ0n) is 6.75. The third kappa shape index (κ3) is 1.84. The second kappa shape index (κ2) is 3.91. The second-order valence-electron chi connectivity index (χ2n) is 2.47. The number of hydrogen-bond acceptors (Lipinski definition) is 3. The van der Waals surface area contributed by atoms with E-state index in [2.05, 4.69) is 0 Å². The predicted octanol–water partition coefficient (Wildman–Crippen LogP) is 2.10. The van der Waals surface area contributed by atoms with E-state index in [1.165, 1.54) is 11.4 Å². The van der Waals surface area contributed by atoms with Crippen LogP contribution in [0.5, 0.6) is 0 Å². The molecule has 0 bridgehead atoms. The molecule has 1 heterocycles. The van der Waals surface area contributed by atoms with Gasteiger partial charge < -0.3 is 0 Å². The molecule has 1 atom stereocenters. The normalized spacial score (nSPS) is 13.6. The summed E-state index contributed by atoms with van der Waals surface area (Å²) < 4.78 is 38.1. The summed E-state index contributed by atoms with van der Waals surface area (Å²) in [6.07, 6.45) is -3.66. The van der Waals surface area contributed by atoms with Gasteiger partial charge in [-0.3, -0.25) is 9.59 Å². The van der Waals surface area contributed by atoms with Gasteiger partial charge in [-0.05, 0) is 11.4 Å². The van der Waals surface area contributed by atoms with E-state index in [9.17, 15) is 22.8 Å². The van der Waals surface area contributed by atoms with Crippen LogP contribution in [0.3, 0.4) is 0 Å². The lowest BCUT2D eigenvalue weighted by molar-refractivity contribution is -0.122. The second-order valence-corrected chi connectivity index (χ2v) is 3.41. The van der Waals surface area contributed by atoms with Crippen LogP contribution < -0.4 is 0 Å². The number of aldehydes is 1. The first-order valence-electron chi connectivity index (χ1n) is 3.55. The lowest BCUT2D eigenvalue weighted by atomic mass is 10.1. The van der Waals surface area contributed by atoms with Gasteiger partial charge in [0.1, 0.15) is 0 Å². The number of carbonyl (C=O) groups excluding carboxylic acids is 2. The highest BCUT2D eigenvalue weighted by molar-refractivity contribution is 7.12. The molecular formula is C8H5F3O2S. The fraction of sp³-hybridized carbons (Fsp3) is 0.250. The van der Waals surface area contributed by atoms with Gasteiger partial charge in [0, 0.05) is 0 Å². The molecule has 0 radical (unpaired) electrons. The average molecular weight is 222 g/mol. The fourth-order valence-corrected chi connectivity index (χ4v) is 1.49. The van der Waals surface area contributed by atoms with Crippen LogP contribution in [0.4, 0.5) is 13.2 Å². The molecule has 0 saturated carbocycles. The highest BCUT2D eigenvalue weighted by Gasteiger charge is 2.48. The summed E-state index contributed by atoms with van der Waals surface area (Å²) in [6, 6.07) is 2.54.